The molecular weight excluding hydrogens is 276 g/mol. The summed E-state index contributed by atoms with van der Waals surface area (Å²) in [7, 11) is 0. The van der Waals surface area contributed by atoms with Crippen molar-refractivity contribution in [2.75, 3.05) is 32.8 Å². The molecule has 2 fully saturated rings. The smallest absolute Gasteiger partial charge is 0.0445 e. The first kappa shape index (κ1) is 24.1. The summed E-state index contributed by atoms with van der Waals surface area (Å²) in [5.41, 5.74) is 0. The molecule has 2 saturated heterocycles. The molecule has 1 unspecified atom stereocenters. The number of aliphatic hydroxyl groups is 2. The van der Waals surface area contributed by atoms with E-state index in [0.29, 0.717) is 19.3 Å². The van der Waals surface area contributed by atoms with Crippen molar-refractivity contribution >= 4 is 0 Å². The average Bonchev–Trinajstić information content (AvgIpc) is 2.62. The molecule has 136 valence electrons. The maximum Gasteiger partial charge on any atom is 0.0445 e. The Kier molecular flexibility index (Phi) is 22.8. The van der Waals surface area contributed by atoms with Gasteiger partial charge >= 0.3 is 0 Å². The summed E-state index contributed by atoms with van der Waals surface area (Å²) >= 11 is 0. The van der Waals surface area contributed by atoms with Crippen molar-refractivity contribution in [1.29, 1.82) is 0 Å². The predicted octanol–water partition coefficient (Wildman–Crippen LogP) is 2.93. The Morgan fingerprint density at radius 3 is 1.82 bits per heavy atom. The minimum Gasteiger partial charge on any atom is -0.396 e. The molecular formula is C18H42N2O2. The first-order valence-electron chi connectivity index (χ1n) is 9.52. The van der Waals surface area contributed by atoms with E-state index in [1.807, 2.05) is 27.7 Å². The maximum absolute atomic E-state index is 8.60. The van der Waals surface area contributed by atoms with E-state index >= 15 is 0 Å². The van der Waals surface area contributed by atoms with E-state index in [4.69, 9.17) is 10.2 Å². The molecule has 0 saturated carbocycles. The van der Waals surface area contributed by atoms with Gasteiger partial charge in [-0.25, -0.2) is 0 Å². The Bertz CT molecular complexity index is 154. The number of hydrogen-bond acceptors (Lipinski definition) is 4. The molecule has 0 amide bonds. The number of rotatable bonds is 4. The first-order chi connectivity index (χ1) is 10.9. The lowest BCUT2D eigenvalue weighted by Crippen LogP contribution is -2.34. The van der Waals surface area contributed by atoms with Crippen LogP contribution >= 0.6 is 0 Å². The Hall–Kier alpha value is -0.160. The van der Waals surface area contributed by atoms with Crippen LogP contribution in [0.4, 0.5) is 0 Å². The predicted molar refractivity (Wildman–Crippen MR) is 97.3 cm³/mol. The van der Waals surface area contributed by atoms with E-state index in [-0.39, 0.29) is 0 Å². The van der Waals surface area contributed by atoms with Crippen LogP contribution in [0.2, 0.25) is 0 Å². The highest BCUT2D eigenvalue weighted by molar-refractivity contribution is 4.71. The summed E-state index contributed by atoms with van der Waals surface area (Å²) in [6, 6.07) is 0.601. The van der Waals surface area contributed by atoms with Gasteiger partial charge in [-0.1, -0.05) is 34.1 Å². The molecule has 0 aromatic rings. The third-order valence-electron chi connectivity index (χ3n) is 3.89. The molecule has 4 heteroatoms. The summed E-state index contributed by atoms with van der Waals surface area (Å²) < 4.78 is 0. The van der Waals surface area contributed by atoms with E-state index in [1.165, 1.54) is 32.1 Å². The summed E-state index contributed by atoms with van der Waals surface area (Å²) in [4.78, 5) is 0. The van der Waals surface area contributed by atoms with Crippen molar-refractivity contribution in [3.05, 3.63) is 0 Å². The van der Waals surface area contributed by atoms with Crippen LogP contribution < -0.4 is 10.6 Å². The fourth-order valence-corrected chi connectivity index (χ4v) is 2.68. The zero-order valence-electron chi connectivity index (χ0n) is 15.5. The minimum atomic E-state index is 0.331. The molecule has 2 rings (SSSR count). The molecule has 0 radical (unpaired) electrons. The second-order valence-corrected chi connectivity index (χ2v) is 5.36. The van der Waals surface area contributed by atoms with Crippen molar-refractivity contribution in [3.8, 4) is 0 Å². The lowest BCUT2D eigenvalue weighted by atomic mass is 9.95. The lowest BCUT2D eigenvalue weighted by molar-refractivity contribution is 0.235. The third-order valence-corrected chi connectivity index (χ3v) is 3.89. The largest absolute Gasteiger partial charge is 0.396 e. The molecule has 2 aliphatic heterocycles. The highest BCUT2D eigenvalue weighted by Gasteiger charge is 2.11. The van der Waals surface area contributed by atoms with E-state index in [0.717, 1.165) is 38.4 Å². The molecule has 4 nitrogen and oxygen atoms in total. The van der Waals surface area contributed by atoms with Crippen LogP contribution in [0.5, 0.6) is 0 Å². The standard InChI is InChI=1S/2C7H15NO.2C2H6/c9-6-3-7-1-4-8-5-2-7;9-6-4-7-3-1-2-5-8-7;2*1-2/h2*7-9H,1-6H2;2*1-2H3. The van der Waals surface area contributed by atoms with Crippen LogP contribution in [-0.4, -0.2) is 49.1 Å². The number of aliphatic hydroxyl groups excluding tert-OH is 2. The van der Waals surface area contributed by atoms with Gasteiger partial charge in [0.15, 0.2) is 0 Å². The minimum absolute atomic E-state index is 0.331. The van der Waals surface area contributed by atoms with Gasteiger partial charge in [-0.3, -0.25) is 0 Å². The molecule has 0 aromatic heterocycles. The van der Waals surface area contributed by atoms with Crippen molar-refractivity contribution in [2.24, 2.45) is 5.92 Å². The molecule has 0 bridgehead atoms. The van der Waals surface area contributed by atoms with Crippen LogP contribution in [0, 0.1) is 5.92 Å². The van der Waals surface area contributed by atoms with Gasteiger partial charge in [-0.05, 0) is 64.1 Å². The Labute approximate surface area is 139 Å². The van der Waals surface area contributed by atoms with Gasteiger partial charge in [-0.2, -0.15) is 0 Å². The van der Waals surface area contributed by atoms with Crippen molar-refractivity contribution in [3.63, 3.8) is 0 Å². The molecule has 0 spiro atoms. The second kappa shape index (κ2) is 20.8. The quantitative estimate of drug-likeness (QED) is 0.643. The summed E-state index contributed by atoms with van der Waals surface area (Å²) in [5.74, 6) is 0.788. The van der Waals surface area contributed by atoms with Gasteiger partial charge in [0, 0.05) is 19.3 Å². The monoisotopic (exact) mass is 318 g/mol. The van der Waals surface area contributed by atoms with Crippen LogP contribution in [0.25, 0.3) is 0 Å². The van der Waals surface area contributed by atoms with Crippen molar-refractivity contribution < 1.29 is 10.2 Å². The fourth-order valence-electron chi connectivity index (χ4n) is 2.68. The van der Waals surface area contributed by atoms with Crippen LogP contribution in [0.3, 0.4) is 0 Å². The Morgan fingerprint density at radius 2 is 1.36 bits per heavy atom. The van der Waals surface area contributed by atoms with Gasteiger partial charge in [0.1, 0.15) is 0 Å². The van der Waals surface area contributed by atoms with Crippen molar-refractivity contribution in [2.45, 2.75) is 78.7 Å². The second-order valence-electron chi connectivity index (χ2n) is 5.36. The number of piperidine rings is 2. The molecule has 1 atom stereocenters. The SMILES string of the molecule is CC.CC.OCCC1CCCCN1.OCCC1CCNCC1. The molecule has 4 N–H and O–H groups in total. The van der Waals surface area contributed by atoms with Gasteiger partial charge in [0.2, 0.25) is 0 Å². The highest BCUT2D eigenvalue weighted by atomic mass is 16.3. The number of nitrogens with one attached hydrogen (secondary N) is 2. The summed E-state index contributed by atoms with van der Waals surface area (Å²) in [5, 5.41) is 23.8. The van der Waals surface area contributed by atoms with E-state index in [1.54, 1.807) is 0 Å². The summed E-state index contributed by atoms with van der Waals surface area (Å²) in [6.07, 6.45) is 8.32. The topological polar surface area (TPSA) is 64.5 Å². The fraction of sp³-hybridized carbons (Fsp3) is 1.00. The molecule has 0 aliphatic carbocycles. The maximum atomic E-state index is 8.60. The highest BCUT2D eigenvalue weighted by Crippen LogP contribution is 2.14. The van der Waals surface area contributed by atoms with Crippen molar-refractivity contribution in [1.82, 2.24) is 10.6 Å². The van der Waals surface area contributed by atoms with E-state index < -0.39 is 0 Å². The molecule has 2 aliphatic rings. The molecule has 0 aromatic carbocycles. The number of hydrogen-bond donors (Lipinski definition) is 4. The van der Waals surface area contributed by atoms with E-state index in [2.05, 4.69) is 10.6 Å². The lowest BCUT2D eigenvalue weighted by Gasteiger charge is -2.22. The summed E-state index contributed by atoms with van der Waals surface area (Å²) in [6.45, 7) is 12.1. The van der Waals surface area contributed by atoms with Gasteiger partial charge in [0.25, 0.3) is 0 Å². The molecule has 2 heterocycles. The van der Waals surface area contributed by atoms with Crippen LogP contribution in [0.1, 0.15) is 72.6 Å². The molecule has 22 heavy (non-hydrogen) atoms. The Balaban J connectivity index is 0. The normalized spacial score (nSPS) is 21.3. The van der Waals surface area contributed by atoms with Gasteiger partial charge in [-0.15, -0.1) is 0 Å². The zero-order chi connectivity index (χ0) is 17.1. The zero-order valence-corrected chi connectivity index (χ0v) is 15.5. The van der Waals surface area contributed by atoms with Crippen LogP contribution in [-0.2, 0) is 0 Å². The van der Waals surface area contributed by atoms with Gasteiger partial charge in [0.05, 0.1) is 0 Å². The van der Waals surface area contributed by atoms with Gasteiger partial charge < -0.3 is 20.8 Å². The Morgan fingerprint density at radius 1 is 0.773 bits per heavy atom. The van der Waals surface area contributed by atoms with Crippen LogP contribution in [0.15, 0.2) is 0 Å². The van der Waals surface area contributed by atoms with E-state index in [9.17, 15) is 0 Å². The first-order valence-corrected chi connectivity index (χ1v) is 9.52. The third kappa shape index (κ3) is 14.8. The average molecular weight is 319 g/mol.